The van der Waals surface area contributed by atoms with Crippen LogP contribution >= 0.6 is 11.8 Å². The molecule has 0 bridgehead atoms. The fourth-order valence-electron chi connectivity index (χ4n) is 4.40. The van der Waals surface area contributed by atoms with E-state index < -0.39 is 29.9 Å². The summed E-state index contributed by atoms with van der Waals surface area (Å²) >= 11 is 1.37. The molecule has 11 nitrogen and oxygen atoms in total. The topological polar surface area (TPSA) is 139 Å². The van der Waals surface area contributed by atoms with Gasteiger partial charge in [-0.15, -0.1) is 0 Å². The number of nitrogens with zero attached hydrogens (tertiary/aromatic N) is 2. The molecule has 0 unspecified atom stereocenters. The van der Waals surface area contributed by atoms with Crippen LogP contribution < -0.4 is 20.5 Å². The van der Waals surface area contributed by atoms with Gasteiger partial charge in [-0.2, -0.15) is 11.8 Å². The zero-order valence-electron chi connectivity index (χ0n) is 24.6. The van der Waals surface area contributed by atoms with Gasteiger partial charge in [-0.1, -0.05) is 60.7 Å². The largest absolute Gasteiger partial charge is 0.465 e. The van der Waals surface area contributed by atoms with E-state index in [9.17, 15) is 24.0 Å². The van der Waals surface area contributed by atoms with Crippen LogP contribution in [0.4, 0.5) is 0 Å². The maximum atomic E-state index is 13.3. The molecule has 1 heterocycles. The van der Waals surface area contributed by atoms with E-state index in [1.54, 1.807) is 48.3 Å². The van der Waals surface area contributed by atoms with Crippen LogP contribution in [-0.2, 0) is 43.4 Å². The molecule has 2 atom stereocenters. The molecule has 0 saturated carbocycles. The monoisotopic (exact) mass is 608 g/mol. The zero-order valence-corrected chi connectivity index (χ0v) is 25.4. The van der Waals surface area contributed by atoms with Gasteiger partial charge in [0.1, 0.15) is 37.1 Å². The summed E-state index contributed by atoms with van der Waals surface area (Å²) in [6.45, 7) is 3.28. The lowest BCUT2D eigenvalue weighted by Gasteiger charge is -2.22. The summed E-state index contributed by atoms with van der Waals surface area (Å²) < 4.78 is 8.58. The second-order valence-electron chi connectivity index (χ2n) is 9.81. The van der Waals surface area contributed by atoms with Gasteiger partial charge in [0.15, 0.2) is 6.54 Å². The highest BCUT2D eigenvalue weighted by Crippen LogP contribution is 2.10. The van der Waals surface area contributed by atoms with E-state index in [4.69, 9.17) is 4.74 Å². The van der Waals surface area contributed by atoms with Crippen LogP contribution in [0.3, 0.4) is 0 Å². The predicted octanol–water partition coefficient (Wildman–Crippen LogP) is 1.28. The Labute approximate surface area is 255 Å². The number of amides is 3. The minimum Gasteiger partial charge on any atom is -0.465 e. The number of hydrogen-bond acceptors (Lipinski definition) is 7. The highest BCUT2D eigenvalue weighted by atomic mass is 32.2. The van der Waals surface area contributed by atoms with Crippen molar-refractivity contribution in [2.45, 2.75) is 45.4 Å². The number of ether oxygens (including phenoxy) is 1. The Kier molecular flexibility index (Phi) is 13.0. The van der Waals surface area contributed by atoms with Gasteiger partial charge in [0.05, 0.1) is 6.61 Å². The molecule has 3 aromatic rings. The molecule has 0 fully saturated rings. The number of carbonyl (C=O) groups excluding carboxylic acids is 5. The Morgan fingerprint density at radius 1 is 0.930 bits per heavy atom. The first kappa shape index (κ1) is 33.1. The standard InChI is InChI=1S/C31H37N5O6S/c1-4-42-29(39)16-32-30(40)26(34-31(41)27(20-43-3)33-22(2)37)15-25-18-35(17-23-11-7-5-8-12-23)21-36(25)19-28(38)24-13-9-6-10-14-24/h5-14,18,21,26-27H,4,15-17,19-20H2,1-3H3,(H2-,32,33,34,37,40,41)/p+1/t26-,27-/m0/s1. The van der Waals surface area contributed by atoms with Crippen molar-refractivity contribution in [3.05, 3.63) is 90.0 Å². The molecule has 3 N–H and O–H groups in total. The van der Waals surface area contributed by atoms with Crippen molar-refractivity contribution >= 4 is 41.2 Å². The number of ketones is 1. The van der Waals surface area contributed by atoms with Crippen LogP contribution in [-0.4, -0.2) is 71.3 Å². The first-order chi connectivity index (χ1) is 20.7. The smallest absolute Gasteiger partial charge is 0.325 e. The summed E-state index contributed by atoms with van der Waals surface area (Å²) in [5.41, 5.74) is 2.19. The number of esters is 1. The van der Waals surface area contributed by atoms with Gasteiger partial charge < -0.3 is 20.7 Å². The Balaban J connectivity index is 1.92. The van der Waals surface area contributed by atoms with E-state index >= 15 is 0 Å². The van der Waals surface area contributed by atoms with E-state index in [1.165, 1.54) is 18.7 Å². The van der Waals surface area contributed by atoms with Gasteiger partial charge >= 0.3 is 5.97 Å². The van der Waals surface area contributed by atoms with Crippen LogP contribution in [0.1, 0.15) is 35.5 Å². The third-order valence-electron chi connectivity index (χ3n) is 6.37. The van der Waals surface area contributed by atoms with E-state index in [2.05, 4.69) is 16.0 Å². The molecule has 1 aromatic heterocycles. The Morgan fingerprint density at radius 2 is 1.60 bits per heavy atom. The summed E-state index contributed by atoms with van der Waals surface area (Å²) in [5, 5.41) is 7.89. The Morgan fingerprint density at radius 3 is 2.23 bits per heavy atom. The molecule has 12 heteroatoms. The zero-order chi connectivity index (χ0) is 31.2. The van der Waals surface area contributed by atoms with Gasteiger partial charge in [-0.25, -0.2) is 9.13 Å². The van der Waals surface area contributed by atoms with Crippen molar-refractivity contribution in [3.63, 3.8) is 0 Å². The summed E-state index contributed by atoms with van der Waals surface area (Å²) in [6, 6.07) is 16.7. The molecule has 0 aliphatic carbocycles. The second-order valence-corrected chi connectivity index (χ2v) is 10.7. The van der Waals surface area contributed by atoms with Crippen molar-refractivity contribution in [1.82, 2.24) is 20.5 Å². The van der Waals surface area contributed by atoms with Gasteiger partial charge in [0.2, 0.25) is 29.8 Å². The maximum absolute atomic E-state index is 13.3. The number of nitrogens with one attached hydrogen (secondary N) is 3. The average Bonchev–Trinajstić information content (AvgIpc) is 3.36. The summed E-state index contributed by atoms with van der Waals surface area (Å²) in [4.78, 5) is 63.4. The molecule has 0 saturated heterocycles. The van der Waals surface area contributed by atoms with E-state index in [-0.39, 0.29) is 37.8 Å². The van der Waals surface area contributed by atoms with Gasteiger partial charge in [0, 0.05) is 24.7 Å². The van der Waals surface area contributed by atoms with Gasteiger partial charge in [0.25, 0.3) is 0 Å². The molecular formula is C31H38N5O6S+. The van der Waals surface area contributed by atoms with Crippen LogP contribution in [0.15, 0.2) is 73.2 Å². The number of hydrogen-bond donors (Lipinski definition) is 3. The van der Waals surface area contributed by atoms with Crippen molar-refractivity contribution in [2.24, 2.45) is 0 Å². The minimum atomic E-state index is -1.12. The van der Waals surface area contributed by atoms with Gasteiger partial charge in [-0.3, -0.25) is 24.0 Å². The number of aromatic nitrogens is 2. The fourth-order valence-corrected chi connectivity index (χ4v) is 4.96. The molecule has 0 aliphatic heterocycles. The third-order valence-corrected chi connectivity index (χ3v) is 7.04. The van der Waals surface area contributed by atoms with Crippen molar-refractivity contribution in [3.8, 4) is 0 Å². The molecule has 3 rings (SSSR count). The van der Waals surface area contributed by atoms with E-state index in [1.807, 2.05) is 47.2 Å². The summed E-state index contributed by atoms with van der Waals surface area (Å²) in [5.74, 6) is -1.98. The highest BCUT2D eigenvalue weighted by Gasteiger charge is 2.30. The number of benzene rings is 2. The van der Waals surface area contributed by atoms with Crippen molar-refractivity contribution in [2.75, 3.05) is 25.2 Å². The van der Waals surface area contributed by atoms with Crippen LogP contribution in [0.2, 0.25) is 0 Å². The average molecular weight is 609 g/mol. The lowest BCUT2D eigenvalue weighted by atomic mass is 10.1. The quantitative estimate of drug-likeness (QED) is 0.127. The van der Waals surface area contributed by atoms with Crippen LogP contribution in [0.25, 0.3) is 0 Å². The molecule has 0 spiro atoms. The SMILES string of the molecule is CCOC(=O)CNC(=O)[C@H](Cc1c[n+](Cc2ccccc2)cn1CC(=O)c1ccccc1)NC(=O)[C@H](CSC)NC(C)=O. The lowest BCUT2D eigenvalue weighted by molar-refractivity contribution is -0.688. The predicted molar refractivity (Wildman–Crippen MR) is 162 cm³/mol. The molecule has 228 valence electrons. The fraction of sp³-hybridized carbons (Fsp3) is 0.355. The number of carbonyl (C=O) groups is 5. The van der Waals surface area contributed by atoms with Crippen molar-refractivity contribution in [1.29, 1.82) is 0 Å². The van der Waals surface area contributed by atoms with Crippen LogP contribution in [0, 0.1) is 0 Å². The second kappa shape index (κ2) is 16.9. The first-order valence-corrected chi connectivity index (χ1v) is 15.3. The number of rotatable bonds is 16. The summed E-state index contributed by atoms with van der Waals surface area (Å²) in [7, 11) is 0. The molecule has 0 aliphatic rings. The van der Waals surface area contributed by atoms with Gasteiger partial charge in [-0.05, 0) is 18.7 Å². The molecule has 2 aromatic carbocycles. The number of Topliss-reactive ketones (excluding diaryl/α,β-unsaturated/α-hetero) is 1. The Hall–Kier alpha value is -4.45. The third kappa shape index (κ3) is 10.7. The number of thioether (sulfide) groups is 1. The highest BCUT2D eigenvalue weighted by molar-refractivity contribution is 7.98. The summed E-state index contributed by atoms with van der Waals surface area (Å²) in [6.07, 6.45) is 5.44. The normalized spacial score (nSPS) is 12.1. The first-order valence-electron chi connectivity index (χ1n) is 13.9. The minimum absolute atomic E-state index is 0.00718. The Bertz CT molecular complexity index is 1400. The van der Waals surface area contributed by atoms with Crippen LogP contribution in [0.5, 0.6) is 0 Å². The number of imidazole rings is 1. The molecule has 43 heavy (non-hydrogen) atoms. The maximum Gasteiger partial charge on any atom is 0.325 e. The molecule has 3 amide bonds. The van der Waals surface area contributed by atoms with E-state index in [0.29, 0.717) is 23.6 Å². The molecule has 0 radical (unpaired) electrons. The van der Waals surface area contributed by atoms with Crippen molar-refractivity contribution < 1.29 is 33.3 Å². The van der Waals surface area contributed by atoms with E-state index in [0.717, 1.165) is 5.56 Å². The molecular weight excluding hydrogens is 570 g/mol. The lowest BCUT2D eigenvalue weighted by Crippen LogP contribution is -2.55.